The number of aryl methyl sites for hydroxylation is 2. The van der Waals surface area contributed by atoms with E-state index in [2.05, 4.69) is 59.5 Å². The van der Waals surface area contributed by atoms with E-state index in [1.54, 1.807) is 0 Å². The fourth-order valence-corrected chi connectivity index (χ4v) is 3.30. The second-order valence-electron chi connectivity index (χ2n) is 6.54. The lowest BCUT2D eigenvalue weighted by molar-refractivity contribution is 0.236. The first-order valence-corrected chi connectivity index (χ1v) is 8.88. The second-order valence-corrected chi connectivity index (χ2v) is 6.54. The van der Waals surface area contributed by atoms with Crippen molar-refractivity contribution in [3.05, 3.63) is 34.9 Å². The summed E-state index contributed by atoms with van der Waals surface area (Å²) in [4.78, 5) is 6.96. The van der Waals surface area contributed by atoms with Crippen LogP contribution in [-0.2, 0) is 6.54 Å². The van der Waals surface area contributed by atoms with Crippen molar-refractivity contribution in [3.8, 4) is 0 Å². The fraction of sp³-hybridized carbons (Fsp3) is 0.632. The maximum absolute atomic E-state index is 4.36. The van der Waals surface area contributed by atoms with Crippen molar-refractivity contribution in [2.24, 2.45) is 4.99 Å². The smallest absolute Gasteiger partial charge is 0.191 e. The number of aliphatic imine (C=N–C) groups is 1. The van der Waals surface area contributed by atoms with E-state index in [-0.39, 0.29) is 0 Å². The van der Waals surface area contributed by atoms with Crippen LogP contribution < -0.4 is 10.6 Å². The predicted molar refractivity (Wildman–Crippen MR) is 99.0 cm³/mol. The first kappa shape index (κ1) is 17.8. The molecule has 1 unspecified atom stereocenters. The molecule has 0 amide bonds. The van der Waals surface area contributed by atoms with Gasteiger partial charge in [0.2, 0.25) is 0 Å². The van der Waals surface area contributed by atoms with Gasteiger partial charge in [-0.25, -0.2) is 0 Å². The zero-order chi connectivity index (χ0) is 16.7. The fourth-order valence-electron chi connectivity index (χ4n) is 3.30. The van der Waals surface area contributed by atoms with Crippen LogP contribution in [0.5, 0.6) is 0 Å². The molecular weight excluding hydrogens is 284 g/mol. The summed E-state index contributed by atoms with van der Waals surface area (Å²) in [5.74, 6) is 0.891. The molecule has 2 rings (SSSR count). The molecule has 0 spiro atoms. The van der Waals surface area contributed by atoms with E-state index < -0.39 is 0 Å². The maximum Gasteiger partial charge on any atom is 0.191 e. The summed E-state index contributed by atoms with van der Waals surface area (Å²) in [6.45, 7) is 10.8. The van der Waals surface area contributed by atoms with Crippen molar-refractivity contribution >= 4 is 5.96 Å². The van der Waals surface area contributed by atoms with Gasteiger partial charge in [-0.3, -0.25) is 9.89 Å². The molecule has 1 fully saturated rings. The molecule has 4 nitrogen and oxygen atoms in total. The van der Waals surface area contributed by atoms with Gasteiger partial charge in [-0.2, -0.15) is 0 Å². The molecule has 0 saturated carbocycles. The molecule has 1 aromatic carbocycles. The first-order valence-electron chi connectivity index (χ1n) is 8.88. The molecule has 23 heavy (non-hydrogen) atoms. The third kappa shape index (κ3) is 5.24. The van der Waals surface area contributed by atoms with Crippen LogP contribution in [0.1, 0.15) is 42.9 Å². The highest BCUT2D eigenvalue weighted by Gasteiger charge is 2.20. The van der Waals surface area contributed by atoms with Gasteiger partial charge in [0, 0.05) is 26.2 Å². The molecule has 1 aliphatic heterocycles. The van der Waals surface area contributed by atoms with Gasteiger partial charge in [0.05, 0.1) is 0 Å². The third-order valence-electron chi connectivity index (χ3n) is 4.80. The molecule has 0 bridgehead atoms. The predicted octanol–water partition coefficient (Wildman–Crippen LogP) is 2.84. The van der Waals surface area contributed by atoms with Crippen LogP contribution in [-0.4, -0.2) is 43.6 Å². The molecule has 0 radical (unpaired) electrons. The molecule has 1 saturated heterocycles. The average Bonchev–Trinajstić information content (AvgIpc) is 3.06. The molecule has 1 aliphatic rings. The molecule has 0 aromatic heterocycles. The van der Waals surface area contributed by atoms with Crippen LogP contribution in [0.3, 0.4) is 0 Å². The maximum atomic E-state index is 4.36. The molecule has 2 N–H and O–H groups in total. The van der Waals surface area contributed by atoms with Crippen LogP contribution in [0, 0.1) is 13.8 Å². The van der Waals surface area contributed by atoms with Crippen molar-refractivity contribution in [1.82, 2.24) is 15.5 Å². The molecule has 4 heteroatoms. The van der Waals surface area contributed by atoms with Gasteiger partial charge < -0.3 is 10.6 Å². The Kier molecular flexibility index (Phi) is 6.90. The minimum Gasteiger partial charge on any atom is -0.355 e. The topological polar surface area (TPSA) is 39.7 Å². The number of hydrogen-bond acceptors (Lipinski definition) is 2. The van der Waals surface area contributed by atoms with E-state index in [1.807, 2.05) is 7.05 Å². The minimum absolute atomic E-state index is 0.608. The summed E-state index contributed by atoms with van der Waals surface area (Å²) < 4.78 is 0. The minimum atomic E-state index is 0.608. The van der Waals surface area contributed by atoms with E-state index in [1.165, 1.54) is 49.0 Å². The highest BCUT2D eigenvalue weighted by molar-refractivity contribution is 5.79. The molecule has 1 aromatic rings. The Hall–Kier alpha value is -1.55. The Balaban J connectivity index is 1.83. The average molecular weight is 316 g/mol. The molecule has 1 heterocycles. The molecule has 0 aliphatic carbocycles. The van der Waals surface area contributed by atoms with Gasteiger partial charge in [0.25, 0.3) is 0 Å². The largest absolute Gasteiger partial charge is 0.355 e. The van der Waals surface area contributed by atoms with Crippen molar-refractivity contribution in [3.63, 3.8) is 0 Å². The number of nitrogens with one attached hydrogen (secondary N) is 2. The lowest BCUT2D eigenvalue weighted by Crippen LogP contribution is -2.46. The van der Waals surface area contributed by atoms with Gasteiger partial charge in [-0.15, -0.1) is 0 Å². The summed E-state index contributed by atoms with van der Waals surface area (Å²) >= 11 is 0. The van der Waals surface area contributed by atoms with Gasteiger partial charge in [-0.1, -0.05) is 30.7 Å². The van der Waals surface area contributed by atoms with E-state index >= 15 is 0 Å². The van der Waals surface area contributed by atoms with Crippen LogP contribution in [0.25, 0.3) is 0 Å². The monoisotopic (exact) mass is 316 g/mol. The number of hydrogen-bond donors (Lipinski definition) is 2. The van der Waals surface area contributed by atoms with Crippen molar-refractivity contribution in [2.45, 2.75) is 52.6 Å². The van der Waals surface area contributed by atoms with Gasteiger partial charge >= 0.3 is 0 Å². The van der Waals surface area contributed by atoms with Crippen molar-refractivity contribution in [1.29, 1.82) is 0 Å². The summed E-state index contributed by atoms with van der Waals surface area (Å²) in [5, 5.41) is 6.93. The Morgan fingerprint density at radius 3 is 2.57 bits per heavy atom. The van der Waals surface area contributed by atoms with Crippen molar-refractivity contribution in [2.75, 3.05) is 26.7 Å². The van der Waals surface area contributed by atoms with Crippen LogP contribution in [0.2, 0.25) is 0 Å². The highest BCUT2D eigenvalue weighted by atomic mass is 15.2. The van der Waals surface area contributed by atoms with Gasteiger partial charge in [-0.05, 0) is 57.3 Å². The summed E-state index contributed by atoms with van der Waals surface area (Å²) in [6.07, 6.45) is 3.87. The number of nitrogens with zero attached hydrogens (tertiary/aromatic N) is 2. The zero-order valence-electron chi connectivity index (χ0n) is 15.2. The number of benzene rings is 1. The van der Waals surface area contributed by atoms with E-state index in [0.29, 0.717) is 6.04 Å². The Bertz CT molecular complexity index is 518. The number of rotatable bonds is 6. The highest BCUT2D eigenvalue weighted by Crippen LogP contribution is 2.13. The zero-order valence-corrected chi connectivity index (χ0v) is 15.2. The first-order chi connectivity index (χ1) is 11.1. The standard InChI is InChI=1S/C19H32N4/c1-5-18(23-10-6-7-11-23)14-22-19(20-4)21-13-17-9-8-15(2)12-16(17)3/h8-9,12,18H,5-7,10-11,13-14H2,1-4H3,(H2,20,21,22). The third-order valence-corrected chi connectivity index (χ3v) is 4.80. The van der Waals surface area contributed by atoms with E-state index in [9.17, 15) is 0 Å². The molecule has 1 atom stereocenters. The van der Waals surface area contributed by atoms with Crippen LogP contribution in [0.15, 0.2) is 23.2 Å². The summed E-state index contributed by atoms with van der Waals surface area (Å²) in [6, 6.07) is 7.20. The van der Waals surface area contributed by atoms with Crippen LogP contribution >= 0.6 is 0 Å². The van der Waals surface area contributed by atoms with Crippen LogP contribution in [0.4, 0.5) is 0 Å². The van der Waals surface area contributed by atoms with Crippen molar-refractivity contribution < 1.29 is 0 Å². The molecular formula is C19H32N4. The normalized spacial score (nSPS) is 17.3. The van der Waals surface area contributed by atoms with E-state index in [0.717, 1.165) is 19.0 Å². The lowest BCUT2D eigenvalue weighted by atomic mass is 10.1. The van der Waals surface area contributed by atoms with E-state index in [4.69, 9.17) is 0 Å². The Labute approximate surface area is 141 Å². The lowest BCUT2D eigenvalue weighted by Gasteiger charge is -2.27. The molecule has 128 valence electrons. The number of likely N-dealkylation sites (tertiary alicyclic amines) is 1. The summed E-state index contributed by atoms with van der Waals surface area (Å²) in [7, 11) is 1.84. The van der Waals surface area contributed by atoms with Gasteiger partial charge in [0.1, 0.15) is 0 Å². The summed E-state index contributed by atoms with van der Waals surface area (Å²) in [5.41, 5.74) is 3.96. The number of guanidine groups is 1. The Morgan fingerprint density at radius 1 is 1.22 bits per heavy atom. The van der Waals surface area contributed by atoms with Gasteiger partial charge in [0.15, 0.2) is 5.96 Å². The SMILES string of the molecule is CCC(CNC(=NC)NCc1ccc(C)cc1C)N1CCCC1. The Morgan fingerprint density at radius 2 is 1.96 bits per heavy atom. The second kappa shape index (κ2) is 8.92. The quantitative estimate of drug-likeness (QED) is 0.626.